The molecule has 2 heteroatoms. The molecule has 86 valence electrons. The molecular formula is C15H15NS. The number of hydrogen-bond acceptors (Lipinski definition) is 2. The molecule has 0 saturated heterocycles. The van der Waals surface area contributed by atoms with Crippen molar-refractivity contribution in [3.63, 3.8) is 0 Å². The van der Waals surface area contributed by atoms with E-state index in [2.05, 4.69) is 53.8 Å². The number of benzene rings is 2. The minimum atomic E-state index is 1.01. The molecule has 1 aliphatic rings. The molecule has 0 amide bonds. The van der Waals surface area contributed by atoms with Gasteiger partial charge in [-0.15, -0.1) is 11.8 Å². The first kappa shape index (κ1) is 10.7. The maximum absolute atomic E-state index is 3.40. The van der Waals surface area contributed by atoms with Gasteiger partial charge in [0.25, 0.3) is 0 Å². The summed E-state index contributed by atoms with van der Waals surface area (Å²) >= 11 is 1.88. The Morgan fingerprint density at radius 2 is 1.76 bits per heavy atom. The van der Waals surface area contributed by atoms with E-state index in [1.54, 1.807) is 0 Å². The smallest absolute Gasteiger partial charge is 0.0658 e. The van der Waals surface area contributed by atoms with Gasteiger partial charge >= 0.3 is 0 Å². The van der Waals surface area contributed by atoms with Crippen LogP contribution in [0.3, 0.4) is 0 Å². The van der Waals surface area contributed by atoms with Crippen LogP contribution in [0.1, 0.15) is 11.1 Å². The van der Waals surface area contributed by atoms with Crippen LogP contribution >= 0.6 is 11.8 Å². The van der Waals surface area contributed by atoms with Crippen molar-refractivity contribution in [3.05, 3.63) is 59.7 Å². The van der Waals surface area contributed by atoms with Gasteiger partial charge in [0.2, 0.25) is 0 Å². The zero-order valence-corrected chi connectivity index (χ0v) is 10.5. The Balaban J connectivity index is 1.70. The normalized spacial score (nSPS) is 13.2. The fourth-order valence-electron chi connectivity index (χ4n) is 2.12. The number of anilines is 1. The van der Waals surface area contributed by atoms with Crippen LogP contribution in [0.4, 0.5) is 5.69 Å². The first-order valence-electron chi connectivity index (χ1n) is 5.95. The van der Waals surface area contributed by atoms with Crippen LogP contribution in [0.25, 0.3) is 0 Å². The van der Waals surface area contributed by atoms with Crippen molar-refractivity contribution in [1.29, 1.82) is 0 Å². The fourth-order valence-corrected chi connectivity index (χ4v) is 2.96. The van der Waals surface area contributed by atoms with Crippen LogP contribution in [-0.4, -0.2) is 5.88 Å². The molecule has 0 aromatic heterocycles. The highest BCUT2D eigenvalue weighted by atomic mass is 32.2. The summed E-state index contributed by atoms with van der Waals surface area (Å²) in [6.07, 6.45) is 2.23. The second-order valence-corrected chi connectivity index (χ2v) is 5.30. The van der Waals surface area contributed by atoms with Gasteiger partial charge in [-0.3, -0.25) is 0 Å². The quantitative estimate of drug-likeness (QED) is 0.873. The molecule has 1 N–H and O–H groups in total. The Labute approximate surface area is 106 Å². The molecule has 0 spiro atoms. The fraction of sp³-hybridized carbons (Fsp3) is 0.200. The van der Waals surface area contributed by atoms with Gasteiger partial charge in [0.15, 0.2) is 0 Å². The Morgan fingerprint density at radius 3 is 2.65 bits per heavy atom. The molecule has 0 bridgehead atoms. The van der Waals surface area contributed by atoms with Crippen molar-refractivity contribution in [2.75, 3.05) is 11.2 Å². The maximum atomic E-state index is 3.40. The predicted molar refractivity (Wildman–Crippen MR) is 74.6 cm³/mol. The van der Waals surface area contributed by atoms with Crippen molar-refractivity contribution < 1.29 is 0 Å². The lowest BCUT2D eigenvalue weighted by molar-refractivity contribution is 0.959. The highest BCUT2D eigenvalue weighted by molar-refractivity contribution is 7.99. The van der Waals surface area contributed by atoms with Gasteiger partial charge in [-0.05, 0) is 36.1 Å². The van der Waals surface area contributed by atoms with E-state index in [0.717, 1.165) is 18.7 Å². The van der Waals surface area contributed by atoms with Gasteiger partial charge in [-0.25, -0.2) is 0 Å². The summed E-state index contributed by atoms with van der Waals surface area (Å²) in [5.74, 6) is 1.01. The zero-order valence-electron chi connectivity index (χ0n) is 9.65. The number of thioether (sulfide) groups is 1. The Kier molecular flexibility index (Phi) is 3.06. The molecular weight excluding hydrogens is 226 g/mol. The lowest BCUT2D eigenvalue weighted by Crippen LogP contribution is -1.93. The molecule has 0 radical (unpaired) electrons. The van der Waals surface area contributed by atoms with E-state index in [-0.39, 0.29) is 0 Å². The van der Waals surface area contributed by atoms with Crippen molar-refractivity contribution in [3.8, 4) is 0 Å². The second kappa shape index (κ2) is 4.84. The largest absolute Gasteiger partial charge is 0.375 e. The summed E-state index contributed by atoms with van der Waals surface area (Å²) in [6, 6.07) is 17.5. The molecule has 2 aromatic rings. The molecule has 2 aromatic carbocycles. The number of rotatable bonds is 3. The third-order valence-corrected chi connectivity index (χ3v) is 4.04. The van der Waals surface area contributed by atoms with E-state index in [1.807, 2.05) is 11.8 Å². The van der Waals surface area contributed by atoms with Crippen molar-refractivity contribution >= 4 is 17.4 Å². The highest BCUT2D eigenvalue weighted by Crippen LogP contribution is 2.34. The molecule has 1 aliphatic heterocycles. The first-order valence-corrected chi connectivity index (χ1v) is 6.94. The molecule has 3 rings (SSSR count). The number of aryl methyl sites for hydroxylation is 2. The summed E-state index contributed by atoms with van der Waals surface area (Å²) in [4.78, 5) is 1.38. The van der Waals surface area contributed by atoms with E-state index in [0.29, 0.717) is 0 Å². The summed E-state index contributed by atoms with van der Waals surface area (Å²) in [5, 5.41) is 3.40. The zero-order chi connectivity index (χ0) is 11.5. The van der Waals surface area contributed by atoms with Crippen molar-refractivity contribution in [2.45, 2.75) is 17.7 Å². The summed E-state index contributed by atoms with van der Waals surface area (Å²) in [5.41, 5.74) is 4.14. The third kappa shape index (κ3) is 2.47. The monoisotopic (exact) mass is 241 g/mol. The van der Waals surface area contributed by atoms with Gasteiger partial charge in [0.05, 0.1) is 5.88 Å². The van der Waals surface area contributed by atoms with Gasteiger partial charge in [0, 0.05) is 10.6 Å². The molecule has 0 atom stereocenters. The van der Waals surface area contributed by atoms with E-state index < -0.39 is 0 Å². The predicted octanol–water partition coefficient (Wildman–Crippen LogP) is 3.95. The summed E-state index contributed by atoms with van der Waals surface area (Å²) < 4.78 is 0. The van der Waals surface area contributed by atoms with Crippen molar-refractivity contribution in [2.24, 2.45) is 0 Å². The van der Waals surface area contributed by atoms with Crippen molar-refractivity contribution in [1.82, 2.24) is 0 Å². The number of fused-ring (bicyclic) bond motifs is 1. The molecule has 1 nitrogen and oxygen atoms in total. The van der Waals surface area contributed by atoms with E-state index >= 15 is 0 Å². The van der Waals surface area contributed by atoms with Crippen LogP contribution in [0.2, 0.25) is 0 Å². The van der Waals surface area contributed by atoms with E-state index in [9.17, 15) is 0 Å². The number of hydrogen-bond donors (Lipinski definition) is 1. The van der Waals surface area contributed by atoms with Crippen LogP contribution in [-0.2, 0) is 12.8 Å². The Morgan fingerprint density at radius 1 is 0.941 bits per heavy atom. The van der Waals surface area contributed by atoms with Gasteiger partial charge in [-0.1, -0.05) is 36.4 Å². The average Bonchev–Trinajstić information content (AvgIpc) is 2.85. The summed E-state index contributed by atoms with van der Waals surface area (Å²) in [6.45, 7) is 0. The lowest BCUT2D eigenvalue weighted by Gasteiger charge is -2.05. The summed E-state index contributed by atoms with van der Waals surface area (Å²) in [7, 11) is 0. The van der Waals surface area contributed by atoms with Gasteiger partial charge in [0.1, 0.15) is 0 Å². The molecule has 0 unspecified atom stereocenters. The number of nitrogens with one attached hydrogen (secondary N) is 1. The lowest BCUT2D eigenvalue weighted by atomic mass is 10.0. The molecule has 1 heterocycles. The van der Waals surface area contributed by atoms with Crippen LogP contribution < -0.4 is 5.32 Å². The molecule has 0 aliphatic carbocycles. The van der Waals surface area contributed by atoms with Crippen LogP contribution in [0.5, 0.6) is 0 Å². The highest BCUT2D eigenvalue weighted by Gasteiger charge is 2.10. The van der Waals surface area contributed by atoms with Crippen LogP contribution in [0, 0.1) is 0 Å². The van der Waals surface area contributed by atoms with Gasteiger partial charge < -0.3 is 5.32 Å². The topological polar surface area (TPSA) is 12.0 Å². The Hall–Kier alpha value is -1.41. The maximum Gasteiger partial charge on any atom is 0.0658 e. The SMILES string of the molecule is c1ccc(CCc2ccc3c(c2)NCS3)cc1. The average molecular weight is 241 g/mol. The standard InChI is InChI=1S/C15H15NS/c1-2-4-12(5-3-1)6-7-13-8-9-15-14(10-13)16-11-17-15/h1-5,8-10,16H,6-7,11H2. The van der Waals surface area contributed by atoms with Crippen LogP contribution in [0.15, 0.2) is 53.4 Å². The van der Waals surface area contributed by atoms with E-state index in [1.165, 1.54) is 21.7 Å². The Bertz CT molecular complexity index is 508. The van der Waals surface area contributed by atoms with Gasteiger partial charge in [-0.2, -0.15) is 0 Å². The molecule has 17 heavy (non-hydrogen) atoms. The minimum absolute atomic E-state index is 1.01. The third-order valence-electron chi connectivity index (χ3n) is 3.08. The second-order valence-electron chi connectivity index (χ2n) is 4.28. The molecule has 0 saturated carbocycles. The minimum Gasteiger partial charge on any atom is -0.375 e. The van der Waals surface area contributed by atoms with E-state index in [4.69, 9.17) is 0 Å². The first-order chi connectivity index (χ1) is 8.42. The molecule has 0 fully saturated rings.